The summed E-state index contributed by atoms with van der Waals surface area (Å²) >= 11 is 0. The van der Waals surface area contributed by atoms with E-state index >= 15 is 0 Å². The minimum Gasteiger partial charge on any atom is -0.387 e. The SMILES string of the molecule is CNc1ccc2ncc(-c3cccnc3)n2c1. The van der Waals surface area contributed by atoms with Crippen LogP contribution in [0.5, 0.6) is 0 Å². The van der Waals surface area contributed by atoms with Gasteiger partial charge in [0.1, 0.15) is 5.65 Å². The highest BCUT2D eigenvalue weighted by molar-refractivity contribution is 5.64. The third-order valence-corrected chi connectivity index (χ3v) is 2.75. The van der Waals surface area contributed by atoms with E-state index in [4.69, 9.17) is 0 Å². The van der Waals surface area contributed by atoms with Gasteiger partial charge in [-0.3, -0.25) is 9.38 Å². The zero-order valence-corrected chi connectivity index (χ0v) is 9.46. The molecular weight excluding hydrogens is 212 g/mol. The van der Waals surface area contributed by atoms with Crippen molar-refractivity contribution >= 4 is 11.3 Å². The van der Waals surface area contributed by atoms with Crippen molar-refractivity contribution in [3.05, 3.63) is 49.1 Å². The summed E-state index contributed by atoms with van der Waals surface area (Å²) in [6.07, 6.45) is 7.51. The van der Waals surface area contributed by atoms with Gasteiger partial charge in [-0.15, -0.1) is 0 Å². The van der Waals surface area contributed by atoms with E-state index < -0.39 is 0 Å². The summed E-state index contributed by atoms with van der Waals surface area (Å²) in [6.45, 7) is 0. The first kappa shape index (κ1) is 9.84. The number of fused-ring (bicyclic) bond motifs is 1. The fraction of sp³-hybridized carbons (Fsp3) is 0.0769. The molecule has 0 amide bonds. The van der Waals surface area contributed by atoms with E-state index in [1.54, 1.807) is 6.20 Å². The Kier molecular flexibility index (Phi) is 2.26. The highest BCUT2D eigenvalue weighted by Gasteiger charge is 2.05. The number of rotatable bonds is 2. The molecule has 0 aliphatic heterocycles. The molecule has 0 aliphatic carbocycles. The Morgan fingerprint density at radius 1 is 1.18 bits per heavy atom. The molecule has 0 unspecified atom stereocenters. The van der Waals surface area contributed by atoms with Gasteiger partial charge in [0.2, 0.25) is 0 Å². The van der Waals surface area contributed by atoms with E-state index in [1.807, 2.05) is 49.9 Å². The van der Waals surface area contributed by atoms with Crippen molar-refractivity contribution in [1.82, 2.24) is 14.4 Å². The van der Waals surface area contributed by atoms with Crippen molar-refractivity contribution in [3.63, 3.8) is 0 Å². The number of hydrogen-bond acceptors (Lipinski definition) is 3. The molecule has 0 aliphatic rings. The first-order chi connectivity index (χ1) is 8.38. The molecule has 0 atom stereocenters. The van der Waals surface area contributed by atoms with Gasteiger partial charge in [-0.1, -0.05) is 0 Å². The third kappa shape index (κ3) is 1.63. The van der Waals surface area contributed by atoms with Crippen LogP contribution in [0.25, 0.3) is 16.9 Å². The molecule has 3 heterocycles. The minimum absolute atomic E-state index is 0.933. The Labute approximate surface area is 99.0 Å². The van der Waals surface area contributed by atoms with E-state index in [9.17, 15) is 0 Å². The number of hydrogen-bond donors (Lipinski definition) is 1. The molecule has 0 radical (unpaired) electrons. The van der Waals surface area contributed by atoms with Crippen molar-refractivity contribution in [2.24, 2.45) is 0 Å². The summed E-state index contributed by atoms with van der Waals surface area (Å²) in [5.41, 5.74) is 4.10. The molecule has 3 aromatic heterocycles. The fourth-order valence-corrected chi connectivity index (χ4v) is 1.86. The first-order valence-electron chi connectivity index (χ1n) is 5.44. The number of nitrogens with zero attached hydrogens (tertiary/aromatic N) is 3. The Hall–Kier alpha value is -2.36. The number of nitrogens with one attached hydrogen (secondary N) is 1. The number of imidazole rings is 1. The lowest BCUT2D eigenvalue weighted by Gasteiger charge is -2.04. The van der Waals surface area contributed by atoms with Crippen LogP contribution < -0.4 is 5.32 Å². The normalized spacial score (nSPS) is 10.6. The van der Waals surface area contributed by atoms with Crippen LogP contribution in [0.15, 0.2) is 49.1 Å². The van der Waals surface area contributed by atoms with E-state index in [0.29, 0.717) is 0 Å². The quantitative estimate of drug-likeness (QED) is 0.727. The van der Waals surface area contributed by atoms with Crippen LogP contribution in [0, 0.1) is 0 Å². The zero-order valence-electron chi connectivity index (χ0n) is 9.46. The Bertz CT molecular complexity index is 643. The average Bonchev–Trinajstić information content (AvgIpc) is 2.82. The molecule has 1 N–H and O–H groups in total. The van der Waals surface area contributed by atoms with Crippen LogP contribution in [0.4, 0.5) is 5.69 Å². The lowest BCUT2D eigenvalue weighted by Crippen LogP contribution is -1.93. The average molecular weight is 224 g/mol. The second-order valence-electron chi connectivity index (χ2n) is 3.78. The Balaban J connectivity index is 2.23. The van der Waals surface area contributed by atoms with Gasteiger partial charge < -0.3 is 5.32 Å². The standard InChI is InChI=1S/C13H12N4/c1-14-11-4-5-13-16-8-12(17(13)9-11)10-3-2-6-15-7-10/h2-9,14H,1H3. The maximum atomic E-state index is 4.38. The van der Waals surface area contributed by atoms with E-state index in [0.717, 1.165) is 22.6 Å². The van der Waals surface area contributed by atoms with Crippen LogP contribution in [0.1, 0.15) is 0 Å². The van der Waals surface area contributed by atoms with E-state index in [2.05, 4.69) is 19.7 Å². The predicted octanol–water partition coefficient (Wildman–Crippen LogP) is 2.44. The molecule has 0 bridgehead atoms. The lowest BCUT2D eigenvalue weighted by atomic mass is 10.2. The van der Waals surface area contributed by atoms with E-state index in [-0.39, 0.29) is 0 Å². The molecule has 0 fully saturated rings. The van der Waals surface area contributed by atoms with Crippen molar-refractivity contribution in [2.75, 3.05) is 12.4 Å². The fourth-order valence-electron chi connectivity index (χ4n) is 1.86. The summed E-state index contributed by atoms with van der Waals surface area (Å²) in [4.78, 5) is 8.51. The van der Waals surface area contributed by atoms with Gasteiger partial charge in [-0.25, -0.2) is 4.98 Å². The van der Waals surface area contributed by atoms with Crippen LogP contribution in [-0.2, 0) is 0 Å². The second-order valence-corrected chi connectivity index (χ2v) is 3.78. The van der Waals surface area contributed by atoms with Crippen molar-refractivity contribution in [1.29, 1.82) is 0 Å². The second kappa shape index (κ2) is 3.90. The number of anilines is 1. The zero-order chi connectivity index (χ0) is 11.7. The highest BCUT2D eigenvalue weighted by Crippen LogP contribution is 2.21. The monoisotopic (exact) mass is 224 g/mol. The molecule has 84 valence electrons. The Morgan fingerprint density at radius 2 is 2.12 bits per heavy atom. The van der Waals surface area contributed by atoms with Gasteiger partial charge in [-0.05, 0) is 24.3 Å². The largest absolute Gasteiger partial charge is 0.387 e. The van der Waals surface area contributed by atoms with Crippen molar-refractivity contribution in [2.45, 2.75) is 0 Å². The van der Waals surface area contributed by atoms with Crippen molar-refractivity contribution < 1.29 is 0 Å². The lowest BCUT2D eigenvalue weighted by molar-refractivity contribution is 1.18. The molecule has 0 saturated heterocycles. The maximum absolute atomic E-state index is 4.38. The minimum atomic E-state index is 0.933. The van der Waals surface area contributed by atoms with E-state index in [1.165, 1.54) is 0 Å². The summed E-state index contributed by atoms with van der Waals surface area (Å²) in [5, 5.41) is 3.12. The summed E-state index contributed by atoms with van der Waals surface area (Å²) in [6, 6.07) is 7.96. The van der Waals surface area contributed by atoms with Gasteiger partial charge in [0.05, 0.1) is 17.6 Å². The Morgan fingerprint density at radius 3 is 2.88 bits per heavy atom. The topological polar surface area (TPSA) is 42.2 Å². The summed E-state index contributed by atoms with van der Waals surface area (Å²) in [7, 11) is 1.90. The molecule has 3 aromatic rings. The van der Waals surface area contributed by atoms with Gasteiger partial charge in [0, 0.05) is 31.2 Å². The van der Waals surface area contributed by atoms with Crippen LogP contribution in [-0.4, -0.2) is 21.4 Å². The van der Waals surface area contributed by atoms with Crippen LogP contribution in [0.3, 0.4) is 0 Å². The number of pyridine rings is 2. The van der Waals surface area contributed by atoms with Crippen molar-refractivity contribution in [3.8, 4) is 11.3 Å². The molecule has 4 heteroatoms. The molecule has 0 spiro atoms. The third-order valence-electron chi connectivity index (χ3n) is 2.75. The smallest absolute Gasteiger partial charge is 0.137 e. The molecule has 0 saturated carbocycles. The van der Waals surface area contributed by atoms with Crippen LogP contribution >= 0.6 is 0 Å². The molecular formula is C13H12N4. The molecule has 3 rings (SSSR count). The number of aromatic nitrogens is 3. The van der Waals surface area contributed by atoms with Gasteiger partial charge in [0.15, 0.2) is 0 Å². The first-order valence-corrected chi connectivity index (χ1v) is 5.44. The van der Waals surface area contributed by atoms with Gasteiger partial charge in [0.25, 0.3) is 0 Å². The van der Waals surface area contributed by atoms with Gasteiger partial charge >= 0.3 is 0 Å². The molecule has 0 aromatic carbocycles. The molecule has 4 nitrogen and oxygen atoms in total. The summed E-state index contributed by atoms with van der Waals surface area (Å²) < 4.78 is 2.06. The summed E-state index contributed by atoms with van der Waals surface area (Å²) in [5.74, 6) is 0. The predicted molar refractivity (Wildman–Crippen MR) is 68.0 cm³/mol. The maximum Gasteiger partial charge on any atom is 0.137 e. The highest BCUT2D eigenvalue weighted by atomic mass is 15.0. The molecule has 17 heavy (non-hydrogen) atoms. The van der Waals surface area contributed by atoms with Gasteiger partial charge in [-0.2, -0.15) is 0 Å². The van der Waals surface area contributed by atoms with Crippen LogP contribution in [0.2, 0.25) is 0 Å².